The van der Waals surface area contributed by atoms with E-state index in [2.05, 4.69) is 0 Å². The zero-order chi connectivity index (χ0) is 14.9. The number of carbonyl (C=O) groups excluding carboxylic acids is 1. The van der Waals surface area contributed by atoms with Crippen LogP contribution in [0.1, 0.15) is 27.3 Å². The summed E-state index contributed by atoms with van der Waals surface area (Å²) >= 11 is 5.80. The first-order valence-corrected chi connectivity index (χ1v) is 6.45. The standard InChI is InChI=1S/C15H14ClNO3.Na.2H2O.H/c1-9-7-12(8-13(18)19)17(2)14(9)15(20)10-3-5-11(16)6-4-10;;;;/h3-7H,8H2,1-2H3,(H,18,19);;2*1H2;. The first kappa shape index (κ1) is 24.1. The molecule has 5 N–H and O–H groups in total. The molecule has 2 aromatic rings. The molecule has 0 fully saturated rings. The number of halogens is 1. The summed E-state index contributed by atoms with van der Waals surface area (Å²) in [4.78, 5) is 23.3. The van der Waals surface area contributed by atoms with Gasteiger partial charge in [0.15, 0.2) is 0 Å². The van der Waals surface area contributed by atoms with Crippen molar-refractivity contribution in [3.05, 3.63) is 57.9 Å². The minimum atomic E-state index is -0.920. The van der Waals surface area contributed by atoms with E-state index >= 15 is 0 Å². The number of benzene rings is 1. The Balaban J connectivity index is 0. The Hall–Kier alpha value is -1.15. The van der Waals surface area contributed by atoms with Gasteiger partial charge in [-0.05, 0) is 42.8 Å². The summed E-state index contributed by atoms with van der Waals surface area (Å²) in [6, 6.07) is 8.37. The van der Waals surface area contributed by atoms with Crippen LogP contribution in [0.5, 0.6) is 0 Å². The molecule has 8 heteroatoms. The van der Waals surface area contributed by atoms with Crippen molar-refractivity contribution in [2.24, 2.45) is 7.05 Å². The summed E-state index contributed by atoms with van der Waals surface area (Å²) < 4.78 is 1.64. The average Bonchev–Trinajstić information content (AvgIpc) is 2.64. The second-order valence-corrected chi connectivity index (χ2v) is 5.07. The van der Waals surface area contributed by atoms with Gasteiger partial charge in [0.05, 0.1) is 12.1 Å². The van der Waals surface area contributed by atoms with Gasteiger partial charge in [0.25, 0.3) is 0 Å². The zero-order valence-electron chi connectivity index (χ0n) is 12.2. The van der Waals surface area contributed by atoms with Crippen molar-refractivity contribution in [3.63, 3.8) is 0 Å². The fourth-order valence-corrected chi connectivity index (χ4v) is 2.34. The van der Waals surface area contributed by atoms with Crippen molar-refractivity contribution >= 4 is 52.9 Å². The fraction of sp³-hybridized carbons (Fsp3) is 0.200. The Morgan fingerprint density at radius 1 is 1.17 bits per heavy atom. The van der Waals surface area contributed by atoms with Crippen molar-refractivity contribution < 1.29 is 25.6 Å². The maximum atomic E-state index is 12.5. The number of carbonyl (C=O) groups is 2. The molecule has 0 saturated carbocycles. The number of hydrogen-bond donors (Lipinski definition) is 1. The topological polar surface area (TPSA) is 122 Å². The molecule has 0 atom stereocenters. The second kappa shape index (κ2) is 9.87. The summed E-state index contributed by atoms with van der Waals surface area (Å²) in [6.45, 7) is 1.80. The number of nitrogens with zero attached hydrogens (tertiary/aromatic N) is 1. The number of aryl methyl sites for hydroxylation is 1. The molecule has 1 heterocycles. The first-order chi connectivity index (χ1) is 9.40. The number of aromatic nitrogens is 1. The molecule has 0 radical (unpaired) electrons. The van der Waals surface area contributed by atoms with Gasteiger partial charge < -0.3 is 20.6 Å². The van der Waals surface area contributed by atoms with Crippen molar-refractivity contribution in [1.29, 1.82) is 0 Å². The van der Waals surface area contributed by atoms with Crippen LogP contribution in [-0.2, 0) is 18.3 Å². The van der Waals surface area contributed by atoms with Crippen LogP contribution in [0.25, 0.3) is 0 Å². The molecule has 0 saturated heterocycles. The Morgan fingerprint density at radius 2 is 1.70 bits per heavy atom. The van der Waals surface area contributed by atoms with Gasteiger partial charge in [-0.3, -0.25) is 9.59 Å². The van der Waals surface area contributed by atoms with Crippen molar-refractivity contribution in [3.8, 4) is 0 Å². The van der Waals surface area contributed by atoms with Crippen LogP contribution in [-0.4, -0.2) is 61.9 Å². The predicted octanol–water partition coefficient (Wildman–Crippen LogP) is 0.547. The van der Waals surface area contributed by atoms with Crippen LogP contribution in [0.2, 0.25) is 5.02 Å². The van der Waals surface area contributed by atoms with Crippen molar-refractivity contribution in [1.82, 2.24) is 4.57 Å². The SMILES string of the molecule is Cc1cc(CC(=O)O)n(C)c1C(=O)c1ccc(Cl)cc1.O.O.[NaH]. The Bertz CT molecular complexity index is 682. The van der Waals surface area contributed by atoms with E-state index < -0.39 is 5.97 Å². The van der Waals surface area contributed by atoms with Crippen molar-refractivity contribution in [2.75, 3.05) is 0 Å². The molecule has 0 aliphatic rings. The Kier molecular flexibility index (Phi) is 10.3. The molecule has 0 aliphatic heterocycles. The van der Waals surface area contributed by atoms with Gasteiger partial charge in [-0.25, -0.2) is 0 Å². The molecule has 0 bridgehead atoms. The summed E-state index contributed by atoms with van der Waals surface area (Å²) in [6.07, 6.45) is -0.106. The van der Waals surface area contributed by atoms with Gasteiger partial charge in [0.2, 0.25) is 5.78 Å². The minimum absolute atomic E-state index is 0. The van der Waals surface area contributed by atoms with Crippen LogP contribution < -0.4 is 0 Å². The average molecular weight is 352 g/mol. The van der Waals surface area contributed by atoms with E-state index in [0.29, 0.717) is 22.0 Å². The van der Waals surface area contributed by atoms with E-state index in [0.717, 1.165) is 5.56 Å². The molecule has 23 heavy (non-hydrogen) atoms. The van der Waals surface area contributed by atoms with Gasteiger partial charge in [-0.2, -0.15) is 0 Å². The normalized spacial score (nSPS) is 9.17. The molecule has 1 aromatic carbocycles. The summed E-state index contributed by atoms with van der Waals surface area (Å²) in [5.41, 5.74) is 2.40. The number of aliphatic carboxylic acids is 1. The maximum absolute atomic E-state index is 12.5. The molecule has 1 aromatic heterocycles. The van der Waals surface area contributed by atoms with Crippen molar-refractivity contribution in [2.45, 2.75) is 13.3 Å². The van der Waals surface area contributed by atoms with Crippen LogP contribution in [0, 0.1) is 6.92 Å². The molecular weight excluding hydrogens is 333 g/mol. The summed E-state index contributed by atoms with van der Waals surface area (Å²) in [5, 5.41) is 9.43. The van der Waals surface area contributed by atoms with Crippen LogP contribution in [0.15, 0.2) is 30.3 Å². The summed E-state index contributed by atoms with van der Waals surface area (Å²) in [7, 11) is 1.70. The van der Waals surface area contributed by atoms with Gasteiger partial charge in [0.1, 0.15) is 0 Å². The van der Waals surface area contributed by atoms with E-state index in [1.54, 1.807) is 48.9 Å². The van der Waals surface area contributed by atoms with E-state index in [1.165, 1.54) is 0 Å². The van der Waals surface area contributed by atoms with E-state index in [1.807, 2.05) is 0 Å². The van der Waals surface area contributed by atoms with E-state index in [4.69, 9.17) is 16.7 Å². The third kappa shape index (κ3) is 5.46. The Labute approximate surface area is 161 Å². The van der Waals surface area contributed by atoms with Gasteiger partial charge in [-0.15, -0.1) is 0 Å². The number of carboxylic acids is 1. The van der Waals surface area contributed by atoms with Crippen LogP contribution >= 0.6 is 11.6 Å². The predicted molar refractivity (Wildman–Crippen MR) is 90.8 cm³/mol. The molecule has 2 rings (SSSR count). The zero-order valence-corrected chi connectivity index (χ0v) is 12.9. The molecule has 122 valence electrons. The quantitative estimate of drug-likeness (QED) is 0.639. The van der Waals surface area contributed by atoms with E-state index in [9.17, 15) is 9.59 Å². The second-order valence-electron chi connectivity index (χ2n) is 4.63. The number of ketones is 1. The molecule has 6 nitrogen and oxygen atoms in total. The third-order valence-electron chi connectivity index (χ3n) is 3.18. The van der Waals surface area contributed by atoms with E-state index in [-0.39, 0.29) is 52.7 Å². The van der Waals surface area contributed by atoms with Crippen LogP contribution in [0.4, 0.5) is 0 Å². The molecular formula is C15H19ClNNaO5. The van der Waals surface area contributed by atoms with Gasteiger partial charge in [0, 0.05) is 23.3 Å². The molecule has 0 amide bonds. The number of carboxylic acid groups (broad SMARTS) is 1. The molecule has 0 unspecified atom stereocenters. The van der Waals surface area contributed by atoms with Crippen LogP contribution in [0.3, 0.4) is 0 Å². The first-order valence-electron chi connectivity index (χ1n) is 6.07. The monoisotopic (exact) mass is 351 g/mol. The molecule has 0 aliphatic carbocycles. The summed E-state index contributed by atoms with van der Waals surface area (Å²) in [5.74, 6) is -1.06. The van der Waals surface area contributed by atoms with Gasteiger partial charge in [-0.1, -0.05) is 11.6 Å². The third-order valence-corrected chi connectivity index (χ3v) is 3.43. The Morgan fingerprint density at radius 3 is 2.17 bits per heavy atom. The number of hydrogen-bond acceptors (Lipinski definition) is 2. The van der Waals surface area contributed by atoms with Gasteiger partial charge >= 0.3 is 35.5 Å². The number of rotatable bonds is 4. The molecule has 0 spiro atoms. The fourth-order valence-electron chi connectivity index (χ4n) is 2.22.